The maximum atomic E-state index is 13.0. The van der Waals surface area contributed by atoms with E-state index in [1.807, 2.05) is 30.3 Å². The van der Waals surface area contributed by atoms with E-state index in [9.17, 15) is 14.4 Å². The van der Waals surface area contributed by atoms with E-state index in [1.54, 1.807) is 18.2 Å². The van der Waals surface area contributed by atoms with Crippen molar-refractivity contribution in [3.05, 3.63) is 70.2 Å². The molecule has 4 rings (SSSR count). The van der Waals surface area contributed by atoms with Crippen LogP contribution in [0.1, 0.15) is 23.1 Å². The summed E-state index contributed by atoms with van der Waals surface area (Å²) in [4.78, 5) is 38.7. The van der Waals surface area contributed by atoms with E-state index in [0.717, 1.165) is 22.4 Å². The van der Waals surface area contributed by atoms with Crippen molar-refractivity contribution in [2.75, 3.05) is 6.54 Å². The summed E-state index contributed by atoms with van der Waals surface area (Å²) >= 11 is 5.94. The van der Waals surface area contributed by atoms with Gasteiger partial charge in [0.25, 0.3) is 5.91 Å². The van der Waals surface area contributed by atoms with Crippen LogP contribution in [0.2, 0.25) is 5.02 Å². The number of amides is 4. The number of nitrogens with one attached hydrogen (secondary N) is 2. The van der Waals surface area contributed by atoms with Gasteiger partial charge < -0.3 is 10.6 Å². The van der Waals surface area contributed by atoms with E-state index >= 15 is 0 Å². The Bertz CT molecular complexity index is 961. The zero-order valence-corrected chi connectivity index (χ0v) is 16.0. The van der Waals surface area contributed by atoms with Gasteiger partial charge in [-0.15, -0.1) is 0 Å². The van der Waals surface area contributed by atoms with Crippen molar-refractivity contribution in [2.24, 2.45) is 0 Å². The fraction of sp³-hybridized carbons (Fsp3) is 0.286. The van der Waals surface area contributed by atoms with Gasteiger partial charge in [0.15, 0.2) is 0 Å². The molecule has 1 heterocycles. The Morgan fingerprint density at radius 3 is 2.71 bits per heavy atom. The standard InChI is InChI=1S/C21H20ClN3O3/c22-17-7-3-4-14(10-17)12-23-18(26)13-25-19(27)21(24-20(25)28)9-8-15-5-1-2-6-16(15)11-21/h1-7,10H,8-9,11-13H2,(H,23,26)(H,24,28). The van der Waals surface area contributed by atoms with Crippen LogP contribution in [0.25, 0.3) is 0 Å². The number of nitrogens with zero attached hydrogens (tertiary/aromatic N) is 1. The van der Waals surface area contributed by atoms with Crippen LogP contribution >= 0.6 is 11.6 Å². The Hall–Kier alpha value is -2.86. The van der Waals surface area contributed by atoms with Gasteiger partial charge in [-0.1, -0.05) is 48.0 Å². The quantitative estimate of drug-likeness (QED) is 0.778. The van der Waals surface area contributed by atoms with Crippen molar-refractivity contribution in [2.45, 2.75) is 31.3 Å². The molecule has 2 aromatic rings. The number of aryl methyl sites for hydroxylation is 1. The number of urea groups is 1. The van der Waals surface area contributed by atoms with Gasteiger partial charge in [-0.05, 0) is 41.7 Å². The van der Waals surface area contributed by atoms with E-state index in [4.69, 9.17) is 11.6 Å². The molecule has 0 aromatic heterocycles. The fourth-order valence-corrected chi connectivity index (χ4v) is 4.10. The molecular formula is C21H20ClN3O3. The van der Waals surface area contributed by atoms with E-state index in [-0.39, 0.29) is 19.0 Å². The van der Waals surface area contributed by atoms with Gasteiger partial charge in [-0.2, -0.15) is 0 Å². The van der Waals surface area contributed by atoms with E-state index in [0.29, 0.717) is 17.9 Å². The molecule has 2 N–H and O–H groups in total. The molecule has 1 aliphatic heterocycles. The molecule has 1 atom stereocenters. The number of rotatable bonds is 4. The van der Waals surface area contributed by atoms with E-state index < -0.39 is 17.5 Å². The average Bonchev–Trinajstić information content (AvgIpc) is 2.90. The van der Waals surface area contributed by atoms with E-state index in [2.05, 4.69) is 10.6 Å². The maximum absolute atomic E-state index is 13.0. The van der Waals surface area contributed by atoms with Crippen LogP contribution in [0.3, 0.4) is 0 Å². The van der Waals surface area contributed by atoms with Crippen LogP contribution in [0.5, 0.6) is 0 Å². The van der Waals surface area contributed by atoms with Crippen LogP contribution in [0.15, 0.2) is 48.5 Å². The number of hydrogen-bond acceptors (Lipinski definition) is 3. The predicted molar refractivity (Wildman–Crippen MR) is 105 cm³/mol. The summed E-state index contributed by atoms with van der Waals surface area (Å²) in [5, 5.41) is 6.15. The molecule has 1 aliphatic carbocycles. The summed E-state index contributed by atoms with van der Waals surface area (Å²) in [6.45, 7) is -0.0177. The summed E-state index contributed by atoms with van der Waals surface area (Å²) < 4.78 is 0. The van der Waals surface area contributed by atoms with Crippen LogP contribution < -0.4 is 10.6 Å². The minimum Gasteiger partial charge on any atom is -0.350 e. The molecule has 0 saturated carbocycles. The first kappa shape index (κ1) is 18.5. The van der Waals surface area contributed by atoms with Gasteiger partial charge in [-0.3, -0.25) is 14.5 Å². The van der Waals surface area contributed by atoms with Crippen molar-refractivity contribution in [1.82, 2.24) is 15.5 Å². The number of benzene rings is 2. The normalized spacial score (nSPS) is 20.8. The fourth-order valence-electron chi connectivity index (χ4n) is 3.89. The first-order valence-electron chi connectivity index (χ1n) is 9.19. The SMILES string of the molecule is O=C(CN1C(=O)NC2(CCc3ccccc3C2)C1=O)NCc1cccc(Cl)c1. The molecule has 144 valence electrons. The second-order valence-corrected chi connectivity index (χ2v) is 7.69. The molecule has 1 saturated heterocycles. The molecule has 1 unspecified atom stereocenters. The van der Waals surface area contributed by atoms with Crippen LogP contribution in [0, 0.1) is 0 Å². The molecule has 2 aliphatic rings. The molecule has 28 heavy (non-hydrogen) atoms. The Morgan fingerprint density at radius 2 is 1.93 bits per heavy atom. The first-order valence-corrected chi connectivity index (χ1v) is 9.57. The molecule has 1 fully saturated rings. The Kier molecular flexibility index (Phi) is 4.81. The highest BCUT2D eigenvalue weighted by Gasteiger charge is 2.52. The largest absolute Gasteiger partial charge is 0.350 e. The van der Waals surface area contributed by atoms with Gasteiger partial charge >= 0.3 is 6.03 Å². The molecule has 6 nitrogen and oxygen atoms in total. The molecular weight excluding hydrogens is 378 g/mol. The second kappa shape index (κ2) is 7.28. The zero-order chi connectivity index (χ0) is 19.7. The topological polar surface area (TPSA) is 78.5 Å². The molecule has 0 radical (unpaired) electrons. The lowest BCUT2D eigenvalue weighted by Crippen LogP contribution is -2.51. The summed E-state index contributed by atoms with van der Waals surface area (Å²) in [6.07, 6.45) is 1.71. The lowest BCUT2D eigenvalue weighted by atomic mass is 9.78. The van der Waals surface area contributed by atoms with E-state index in [1.165, 1.54) is 5.56 Å². The number of halogens is 1. The van der Waals surface area contributed by atoms with Gasteiger partial charge in [0.2, 0.25) is 5.91 Å². The van der Waals surface area contributed by atoms with Crippen molar-refractivity contribution < 1.29 is 14.4 Å². The summed E-state index contributed by atoms with van der Waals surface area (Å²) in [5.74, 6) is -0.721. The van der Waals surface area contributed by atoms with Gasteiger partial charge in [0.05, 0.1) is 0 Å². The summed E-state index contributed by atoms with van der Waals surface area (Å²) in [7, 11) is 0. The first-order chi connectivity index (χ1) is 13.5. The molecule has 7 heteroatoms. The van der Waals surface area contributed by atoms with Crippen molar-refractivity contribution >= 4 is 29.4 Å². The van der Waals surface area contributed by atoms with Gasteiger partial charge in [0.1, 0.15) is 12.1 Å². The molecule has 2 aromatic carbocycles. The third-order valence-corrected chi connectivity index (χ3v) is 5.59. The predicted octanol–water partition coefficient (Wildman–Crippen LogP) is 2.44. The smallest absolute Gasteiger partial charge is 0.325 e. The van der Waals surface area contributed by atoms with Crippen molar-refractivity contribution in [3.63, 3.8) is 0 Å². The van der Waals surface area contributed by atoms with Gasteiger partial charge in [-0.25, -0.2) is 4.79 Å². The monoisotopic (exact) mass is 397 g/mol. The van der Waals surface area contributed by atoms with Crippen LogP contribution in [-0.4, -0.2) is 34.8 Å². The third kappa shape index (κ3) is 3.47. The molecule has 4 amide bonds. The lowest BCUT2D eigenvalue weighted by Gasteiger charge is -2.32. The van der Waals surface area contributed by atoms with Crippen LogP contribution in [0.4, 0.5) is 4.79 Å². The number of hydrogen-bond donors (Lipinski definition) is 2. The summed E-state index contributed by atoms with van der Waals surface area (Å²) in [5.41, 5.74) is 2.17. The minimum atomic E-state index is -0.946. The average molecular weight is 398 g/mol. The molecule has 1 spiro atoms. The van der Waals surface area contributed by atoms with Crippen molar-refractivity contribution in [1.29, 1.82) is 0 Å². The Labute approximate surface area is 167 Å². The van der Waals surface area contributed by atoms with Crippen molar-refractivity contribution in [3.8, 4) is 0 Å². The highest BCUT2D eigenvalue weighted by atomic mass is 35.5. The third-order valence-electron chi connectivity index (χ3n) is 5.36. The number of imide groups is 1. The maximum Gasteiger partial charge on any atom is 0.325 e. The minimum absolute atomic E-state index is 0.279. The Morgan fingerprint density at radius 1 is 1.14 bits per heavy atom. The lowest BCUT2D eigenvalue weighted by molar-refractivity contribution is -0.135. The summed E-state index contributed by atoms with van der Waals surface area (Å²) in [6, 6.07) is 14.6. The number of carbonyl (C=O) groups is 3. The Balaban J connectivity index is 1.41. The second-order valence-electron chi connectivity index (χ2n) is 7.26. The van der Waals surface area contributed by atoms with Crippen LogP contribution in [-0.2, 0) is 29.0 Å². The highest BCUT2D eigenvalue weighted by molar-refractivity contribution is 6.30. The number of carbonyl (C=O) groups excluding carboxylic acids is 3. The number of fused-ring (bicyclic) bond motifs is 1. The zero-order valence-electron chi connectivity index (χ0n) is 15.2. The molecule has 0 bridgehead atoms. The van der Waals surface area contributed by atoms with Gasteiger partial charge in [0, 0.05) is 18.0 Å². The highest BCUT2D eigenvalue weighted by Crippen LogP contribution is 2.33.